The van der Waals surface area contributed by atoms with E-state index in [9.17, 15) is 0 Å². The predicted octanol–water partition coefficient (Wildman–Crippen LogP) is 7.41. The molecule has 1 heteroatoms. The van der Waals surface area contributed by atoms with E-state index in [0.717, 1.165) is 0 Å². The van der Waals surface area contributed by atoms with E-state index < -0.39 is 6.60 Å². The topological polar surface area (TPSA) is 0 Å². The summed E-state index contributed by atoms with van der Waals surface area (Å²) in [4.78, 5) is 0. The SMILES string of the molecule is CCCc1cccc(P(CCC)(CCC)(CCC)CCC)c1CCC. The fourth-order valence-electron chi connectivity index (χ4n) is 5.75. The summed E-state index contributed by atoms with van der Waals surface area (Å²) in [7, 11) is 0. The van der Waals surface area contributed by atoms with Gasteiger partial charge in [-0.2, -0.15) is 0 Å². The van der Waals surface area contributed by atoms with Crippen LogP contribution in [0.2, 0.25) is 0 Å². The van der Waals surface area contributed by atoms with Crippen molar-refractivity contribution in [1.29, 1.82) is 0 Å². The van der Waals surface area contributed by atoms with Crippen molar-refractivity contribution in [3.63, 3.8) is 0 Å². The van der Waals surface area contributed by atoms with E-state index in [1.54, 1.807) is 11.1 Å². The van der Waals surface area contributed by atoms with Crippen molar-refractivity contribution in [1.82, 2.24) is 0 Å². The molecule has 0 N–H and O–H groups in total. The van der Waals surface area contributed by atoms with Crippen molar-refractivity contribution >= 4 is 11.9 Å². The molecule has 1 aromatic rings. The molecule has 146 valence electrons. The van der Waals surface area contributed by atoms with Gasteiger partial charge in [0.15, 0.2) is 0 Å². The van der Waals surface area contributed by atoms with Gasteiger partial charge < -0.3 is 0 Å². The molecule has 0 fully saturated rings. The molecule has 0 aliphatic rings. The molecule has 0 spiro atoms. The normalized spacial score (nSPS) is 13.6. The van der Waals surface area contributed by atoms with Gasteiger partial charge >= 0.3 is 159 Å². The number of hydrogen-bond acceptors (Lipinski definition) is 0. The molecule has 0 saturated heterocycles. The van der Waals surface area contributed by atoms with E-state index in [4.69, 9.17) is 0 Å². The van der Waals surface area contributed by atoms with Gasteiger partial charge in [0.05, 0.1) is 0 Å². The van der Waals surface area contributed by atoms with Crippen molar-refractivity contribution in [2.24, 2.45) is 0 Å². The van der Waals surface area contributed by atoms with Crippen LogP contribution in [0, 0.1) is 0 Å². The van der Waals surface area contributed by atoms with Crippen LogP contribution >= 0.6 is 6.60 Å². The molecule has 0 radical (unpaired) electrons. The summed E-state index contributed by atoms with van der Waals surface area (Å²) in [6.07, 6.45) is 16.4. The first-order valence-corrected chi connectivity index (χ1v) is 14.2. The molecular formula is C24H45P. The molecule has 0 saturated carbocycles. The summed E-state index contributed by atoms with van der Waals surface area (Å²) in [5, 5.41) is 1.87. The van der Waals surface area contributed by atoms with Gasteiger partial charge in [-0.05, 0) is 0 Å². The fraction of sp³-hybridized carbons (Fsp3) is 0.750. The van der Waals surface area contributed by atoms with Gasteiger partial charge in [-0.1, -0.05) is 0 Å². The Bertz CT molecular complexity index is 467. The minimum atomic E-state index is -1.86. The number of hydrogen-bond donors (Lipinski definition) is 0. The Balaban J connectivity index is 3.75. The van der Waals surface area contributed by atoms with Gasteiger partial charge in [-0.15, -0.1) is 0 Å². The van der Waals surface area contributed by atoms with Crippen LogP contribution in [0.1, 0.15) is 91.2 Å². The molecule has 1 aromatic carbocycles. The molecule has 0 aromatic heterocycles. The van der Waals surface area contributed by atoms with Crippen LogP contribution in [0.5, 0.6) is 0 Å². The molecule has 25 heavy (non-hydrogen) atoms. The monoisotopic (exact) mass is 364 g/mol. The molecule has 0 heterocycles. The molecule has 0 unspecified atom stereocenters. The first-order valence-electron chi connectivity index (χ1n) is 11.2. The summed E-state index contributed by atoms with van der Waals surface area (Å²) in [6, 6.07) is 7.41. The third kappa shape index (κ3) is 4.88. The first kappa shape index (κ1) is 22.7. The number of benzene rings is 1. The molecule has 0 bridgehead atoms. The quantitative estimate of drug-likeness (QED) is 0.320. The van der Waals surface area contributed by atoms with Crippen molar-refractivity contribution in [3.05, 3.63) is 29.3 Å². The summed E-state index contributed by atoms with van der Waals surface area (Å²) in [5.41, 5.74) is 3.43. The molecule has 0 nitrogen and oxygen atoms in total. The molecule has 1 rings (SSSR count). The maximum atomic E-state index is 2.58. The third-order valence-electron chi connectivity index (χ3n) is 6.19. The first-order chi connectivity index (χ1) is 12.1. The van der Waals surface area contributed by atoms with Gasteiger partial charge in [0.1, 0.15) is 0 Å². The van der Waals surface area contributed by atoms with E-state index in [-0.39, 0.29) is 0 Å². The van der Waals surface area contributed by atoms with Gasteiger partial charge in [-0.3, -0.25) is 0 Å². The van der Waals surface area contributed by atoms with Gasteiger partial charge in [0, 0.05) is 0 Å². The van der Waals surface area contributed by atoms with E-state index in [1.807, 2.05) is 5.30 Å². The van der Waals surface area contributed by atoms with E-state index in [1.165, 1.54) is 76.0 Å². The Morgan fingerprint density at radius 1 is 0.600 bits per heavy atom. The molecule has 0 aliphatic carbocycles. The van der Waals surface area contributed by atoms with Crippen molar-refractivity contribution in [2.45, 2.75) is 92.9 Å². The number of aryl methyl sites for hydroxylation is 1. The van der Waals surface area contributed by atoms with Crippen LogP contribution in [0.4, 0.5) is 0 Å². The zero-order chi connectivity index (χ0) is 18.8. The Morgan fingerprint density at radius 3 is 1.48 bits per heavy atom. The van der Waals surface area contributed by atoms with Crippen LogP contribution in [0.15, 0.2) is 18.2 Å². The van der Waals surface area contributed by atoms with Crippen molar-refractivity contribution in [2.75, 3.05) is 24.6 Å². The number of rotatable bonds is 13. The maximum absolute atomic E-state index is 2.58. The average molecular weight is 365 g/mol. The standard InChI is InChI=1S/C24H45P/c1-7-14-22-16-13-17-24(23(22)15-8-2)25(18-9-3,19-10-4,20-11-5)21-12-6/h13,16-17H,7-12,14-15,18-21H2,1-6H3. The Hall–Kier alpha value is -0.350. The van der Waals surface area contributed by atoms with Crippen molar-refractivity contribution in [3.8, 4) is 0 Å². The summed E-state index contributed by atoms with van der Waals surface area (Å²) < 4.78 is 0. The fourth-order valence-corrected chi connectivity index (χ4v) is 14.3. The van der Waals surface area contributed by atoms with Gasteiger partial charge in [0.25, 0.3) is 0 Å². The van der Waals surface area contributed by atoms with Crippen LogP contribution in [-0.2, 0) is 12.8 Å². The third-order valence-corrected chi connectivity index (χ3v) is 14.4. The second-order valence-electron chi connectivity index (χ2n) is 8.28. The molecule has 0 aliphatic heterocycles. The zero-order valence-electron chi connectivity index (χ0n) is 18.2. The summed E-state index contributed by atoms with van der Waals surface area (Å²) >= 11 is 0. The van der Waals surface area contributed by atoms with Gasteiger partial charge in [-0.25, -0.2) is 0 Å². The zero-order valence-corrected chi connectivity index (χ0v) is 19.1. The van der Waals surface area contributed by atoms with Crippen molar-refractivity contribution < 1.29 is 0 Å². The Labute approximate surface area is 159 Å². The molecular weight excluding hydrogens is 319 g/mol. The van der Waals surface area contributed by atoms with E-state index in [2.05, 4.69) is 59.7 Å². The van der Waals surface area contributed by atoms with Crippen LogP contribution in [-0.4, -0.2) is 24.6 Å². The summed E-state index contributed by atoms with van der Waals surface area (Å²) in [6.45, 7) is 12.5. The van der Waals surface area contributed by atoms with E-state index in [0.29, 0.717) is 0 Å². The second-order valence-corrected chi connectivity index (χ2v) is 14.5. The Morgan fingerprint density at radius 2 is 1.08 bits per heavy atom. The van der Waals surface area contributed by atoms with Crippen LogP contribution in [0.25, 0.3) is 0 Å². The average Bonchev–Trinajstić information content (AvgIpc) is 2.58. The second kappa shape index (κ2) is 10.7. The minimum absolute atomic E-state index is 1.26. The predicted molar refractivity (Wildman–Crippen MR) is 122 cm³/mol. The Kier molecular flexibility index (Phi) is 9.73. The summed E-state index contributed by atoms with van der Waals surface area (Å²) in [5.74, 6) is 0. The van der Waals surface area contributed by atoms with Gasteiger partial charge in [0.2, 0.25) is 0 Å². The molecule has 0 amide bonds. The van der Waals surface area contributed by atoms with Crippen LogP contribution < -0.4 is 5.30 Å². The molecule has 0 atom stereocenters. The van der Waals surface area contributed by atoms with Crippen LogP contribution in [0.3, 0.4) is 0 Å². The van der Waals surface area contributed by atoms with E-state index >= 15 is 0 Å².